The maximum absolute atomic E-state index is 11.7. The molecule has 1 unspecified atom stereocenters. The first kappa shape index (κ1) is 12.7. The minimum Gasteiger partial charge on any atom is -0.310 e. The summed E-state index contributed by atoms with van der Waals surface area (Å²) in [6.07, 6.45) is 1.47. The monoisotopic (exact) mass is 245 g/mol. The van der Waals surface area contributed by atoms with Gasteiger partial charge in [-0.3, -0.25) is 9.89 Å². The van der Waals surface area contributed by atoms with Crippen LogP contribution in [0.1, 0.15) is 20.8 Å². The van der Waals surface area contributed by atoms with Crippen LogP contribution in [-0.2, 0) is 14.6 Å². The van der Waals surface area contributed by atoms with E-state index in [1.807, 2.05) is 0 Å². The van der Waals surface area contributed by atoms with Crippen molar-refractivity contribution < 1.29 is 13.2 Å². The molecule has 0 spiro atoms. The number of sulfone groups is 1. The zero-order valence-corrected chi connectivity index (χ0v) is 10.2. The van der Waals surface area contributed by atoms with Crippen LogP contribution >= 0.6 is 0 Å². The van der Waals surface area contributed by atoms with Crippen molar-refractivity contribution in [1.82, 2.24) is 10.2 Å². The van der Waals surface area contributed by atoms with Gasteiger partial charge in [-0.25, -0.2) is 8.42 Å². The number of aromatic amines is 1. The third kappa shape index (κ3) is 2.60. The fraction of sp³-hybridized carbons (Fsp3) is 0.556. The molecule has 1 rings (SSSR count). The Kier molecular flexibility index (Phi) is 3.69. The maximum atomic E-state index is 11.7. The summed E-state index contributed by atoms with van der Waals surface area (Å²) < 4.78 is 23.4. The Morgan fingerprint density at radius 1 is 1.44 bits per heavy atom. The number of nitrogens with zero attached hydrogens (tertiary/aromatic N) is 1. The summed E-state index contributed by atoms with van der Waals surface area (Å²) in [6, 6.07) is 1.55. The number of rotatable bonds is 4. The molecular weight excluding hydrogens is 230 g/mol. The van der Waals surface area contributed by atoms with Gasteiger partial charge in [-0.05, 0) is 20.8 Å². The lowest BCUT2D eigenvalue weighted by Gasteiger charge is -2.14. The van der Waals surface area contributed by atoms with Gasteiger partial charge in [0.2, 0.25) is 5.91 Å². The van der Waals surface area contributed by atoms with Gasteiger partial charge in [0.15, 0.2) is 9.84 Å². The Morgan fingerprint density at radius 3 is 2.50 bits per heavy atom. The molecule has 6 nitrogen and oxygen atoms in total. The summed E-state index contributed by atoms with van der Waals surface area (Å²) in [5.74, 6) is -0.172. The predicted molar refractivity (Wildman–Crippen MR) is 60.7 cm³/mol. The second-order valence-electron chi connectivity index (χ2n) is 3.74. The van der Waals surface area contributed by atoms with Crippen LogP contribution in [0.3, 0.4) is 0 Å². The highest BCUT2D eigenvalue weighted by Crippen LogP contribution is 2.11. The van der Waals surface area contributed by atoms with Crippen LogP contribution in [0, 0.1) is 0 Å². The molecule has 0 saturated carbocycles. The van der Waals surface area contributed by atoms with Gasteiger partial charge in [-0.1, -0.05) is 0 Å². The molecule has 0 aliphatic carbocycles. The molecule has 90 valence electrons. The van der Waals surface area contributed by atoms with Crippen LogP contribution in [0.4, 0.5) is 5.82 Å². The molecule has 0 aliphatic rings. The highest BCUT2D eigenvalue weighted by Gasteiger charge is 2.30. The average molecular weight is 245 g/mol. The highest BCUT2D eigenvalue weighted by atomic mass is 32.2. The molecule has 0 fully saturated rings. The van der Waals surface area contributed by atoms with Crippen molar-refractivity contribution >= 4 is 21.6 Å². The van der Waals surface area contributed by atoms with Crippen molar-refractivity contribution in [1.29, 1.82) is 0 Å². The number of hydrogen-bond donors (Lipinski definition) is 2. The van der Waals surface area contributed by atoms with E-state index in [9.17, 15) is 13.2 Å². The lowest BCUT2D eigenvalue weighted by molar-refractivity contribution is -0.115. The van der Waals surface area contributed by atoms with E-state index in [0.717, 1.165) is 0 Å². The van der Waals surface area contributed by atoms with E-state index in [2.05, 4.69) is 15.5 Å². The van der Waals surface area contributed by atoms with E-state index in [1.54, 1.807) is 19.9 Å². The van der Waals surface area contributed by atoms with Gasteiger partial charge in [0.05, 0.1) is 11.4 Å². The largest absolute Gasteiger partial charge is 0.310 e. The third-order valence-electron chi connectivity index (χ3n) is 2.28. The first-order valence-electron chi connectivity index (χ1n) is 4.88. The second kappa shape index (κ2) is 4.65. The van der Waals surface area contributed by atoms with Crippen LogP contribution in [-0.4, -0.2) is 35.0 Å². The molecule has 1 aromatic rings. The van der Waals surface area contributed by atoms with Crippen LogP contribution in [0.25, 0.3) is 0 Å². The van der Waals surface area contributed by atoms with Crippen LogP contribution in [0.15, 0.2) is 12.3 Å². The molecule has 0 aliphatic heterocycles. The van der Waals surface area contributed by atoms with Gasteiger partial charge in [0.1, 0.15) is 11.1 Å². The number of nitrogens with one attached hydrogen (secondary N) is 2. The molecule has 1 aromatic heterocycles. The van der Waals surface area contributed by atoms with Gasteiger partial charge in [-0.15, -0.1) is 0 Å². The Hall–Kier alpha value is -1.37. The van der Waals surface area contributed by atoms with E-state index in [0.29, 0.717) is 5.82 Å². The molecule has 2 N–H and O–H groups in total. The van der Waals surface area contributed by atoms with Gasteiger partial charge in [0.25, 0.3) is 0 Å². The van der Waals surface area contributed by atoms with Crippen molar-refractivity contribution in [3.05, 3.63) is 12.3 Å². The van der Waals surface area contributed by atoms with Crippen molar-refractivity contribution in [2.24, 2.45) is 0 Å². The van der Waals surface area contributed by atoms with Gasteiger partial charge in [-0.2, -0.15) is 5.10 Å². The van der Waals surface area contributed by atoms with E-state index < -0.39 is 26.2 Å². The molecule has 0 bridgehead atoms. The third-order valence-corrected chi connectivity index (χ3v) is 4.79. The van der Waals surface area contributed by atoms with Crippen molar-refractivity contribution in [2.45, 2.75) is 31.3 Å². The van der Waals surface area contributed by atoms with Crippen LogP contribution in [0.2, 0.25) is 0 Å². The quantitative estimate of drug-likeness (QED) is 0.810. The minimum absolute atomic E-state index is 0.385. The smallest absolute Gasteiger partial charge is 0.243 e. The normalized spacial score (nSPS) is 13.8. The molecule has 1 amide bonds. The van der Waals surface area contributed by atoms with Gasteiger partial charge in [0, 0.05) is 6.07 Å². The minimum atomic E-state index is -3.43. The lowest BCUT2D eigenvalue weighted by Crippen LogP contribution is -2.36. The Bertz CT molecular complexity index is 450. The van der Waals surface area contributed by atoms with E-state index in [1.165, 1.54) is 13.1 Å². The fourth-order valence-corrected chi connectivity index (χ4v) is 2.29. The number of aromatic nitrogens is 2. The fourth-order valence-electron chi connectivity index (χ4n) is 1.12. The van der Waals surface area contributed by atoms with Crippen molar-refractivity contribution in [3.8, 4) is 0 Å². The number of anilines is 1. The predicted octanol–water partition coefficient (Wildman–Crippen LogP) is 0.560. The highest BCUT2D eigenvalue weighted by molar-refractivity contribution is 7.93. The molecule has 0 radical (unpaired) electrons. The summed E-state index contributed by atoms with van der Waals surface area (Å²) >= 11 is 0. The van der Waals surface area contributed by atoms with Crippen LogP contribution < -0.4 is 5.32 Å². The van der Waals surface area contributed by atoms with E-state index in [4.69, 9.17) is 0 Å². The molecule has 1 heterocycles. The first-order chi connectivity index (χ1) is 7.35. The zero-order valence-electron chi connectivity index (χ0n) is 9.39. The first-order valence-corrected chi connectivity index (χ1v) is 6.49. The Balaban J connectivity index is 2.76. The molecule has 1 atom stereocenters. The van der Waals surface area contributed by atoms with E-state index >= 15 is 0 Å². The molecule has 0 saturated heterocycles. The zero-order chi connectivity index (χ0) is 12.3. The van der Waals surface area contributed by atoms with Crippen molar-refractivity contribution in [2.75, 3.05) is 5.32 Å². The molecular formula is C9H15N3O3S. The topological polar surface area (TPSA) is 91.9 Å². The standard InChI is InChI=1S/C9H15N3O3S/c1-6(2)16(14,15)7(3)9(13)11-8-4-5-10-12-8/h4-7H,1-3H3,(H2,10,11,12,13). The summed E-state index contributed by atoms with van der Waals surface area (Å²) in [7, 11) is -3.43. The number of carbonyl (C=O) groups excluding carboxylic acids is 1. The summed E-state index contributed by atoms with van der Waals surface area (Å²) in [5, 5.41) is 6.97. The van der Waals surface area contributed by atoms with Crippen molar-refractivity contribution in [3.63, 3.8) is 0 Å². The molecule has 16 heavy (non-hydrogen) atoms. The van der Waals surface area contributed by atoms with E-state index in [-0.39, 0.29) is 0 Å². The number of amides is 1. The Labute approximate surface area is 94.4 Å². The summed E-state index contributed by atoms with van der Waals surface area (Å²) in [5.41, 5.74) is 0. The van der Waals surface area contributed by atoms with Gasteiger partial charge >= 0.3 is 0 Å². The second-order valence-corrected chi connectivity index (χ2v) is 6.57. The average Bonchev–Trinajstić information content (AvgIpc) is 2.68. The molecule has 0 aromatic carbocycles. The molecule has 7 heteroatoms. The SMILES string of the molecule is CC(C)S(=O)(=O)C(C)C(=O)Nc1ccn[nH]1. The maximum Gasteiger partial charge on any atom is 0.243 e. The number of H-pyrrole nitrogens is 1. The lowest BCUT2D eigenvalue weighted by atomic mass is 10.4. The number of hydrogen-bond acceptors (Lipinski definition) is 4. The van der Waals surface area contributed by atoms with Crippen LogP contribution in [0.5, 0.6) is 0 Å². The number of carbonyl (C=O) groups is 1. The van der Waals surface area contributed by atoms with Gasteiger partial charge < -0.3 is 5.32 Å². The summed E-state index contributed by atoms with van der Waals surface area (Å²) in [6.45, 7) is 4.48. The Morgan fingerprint density at radius 2 is 2.06 bits per heavy atom. The summed E-state index contributed by atoms with van der Waals surface area (Å²) in [4.78, 5) is 11.6.